The Morgan fingerprint density at radius 3 is 2.78 bits per heavy atom. The molecule has 1 aromatic carbocycles. The number of ether oxygens (including phenoxy) is 1. The predicted molar refractivity (Wildman–Crippen MR) is 114 cm³/mol. The van der Waals surface area contributed by atoms with Crippen LogP contribution < -0.4 is 5.32 Å². The number of thioether (sulfide) groups is 1. The number of hydrogen-bond donors (Lipinski definition) is 1. The molecule has 3 aliphatic heterocycles. The molecule has 148 valence electrons. The van der Waals surface area contributed by atoms with E-state index in [-0.39, 0.29) is 5.54 Å². The molecule has 5 nitrogen and oxygen atoms in total. The van der Waals surface area contributed by atoms with Gasteiger partial charge in [0.2, 0.25) is 0 Å². The fourth-order valence-corrected chi connectivity index (χ4v) is 5.90. The highest BCUT2D eigenvalue weighted by atomic mass is 32.2. The van der Waals surface area contributed by atoms with Crippen molar-refractivity contribution in [2.24, 2.45) is 4.99 Å². The van der Waals surface area contributed by atoms with E-state index < -0.39 is 0 Å². The molecular formula is C21H32N4OS. The Morgan fingerprint density at radius 1 is 1.22 bits per heavy atom. The van der Waals surface area contributed by atoms with Gasteiger partial charge in [0.15, 0.2) is 5.96 Å². The Kier molecular flexibility index (Phi) is 6.25. The maximum absolute atomic E-state index is 5.59. The van der Waals surface area contributed by atoms with Crippen molar-refractivity contribution in [1.29, 1.82) is 0 Å². The second-order valence-electron chi connectivity index (χ2n) is 7.74. The molecule has 3 heterocycles. The lowest BCUT2D eigenvalue weighted by molar-refractivity contribution is -0.0105. The molecule has 0 aliphatic carbocycles. The van der Waals surface area contributed by atoms with Crippen LogP contribution in [0.1, 0.15) is 24.5 Å². The van der Waals surface area contributed by atoms with E-state index in [0.717, 1.165) is 64.9 Å². The molecule has 0 spiro atoms. The largest absolute Gasteiger partial charge is 0.379 e. The van der Waals surface area contributed by atoms with Gasteiger partial charge in [-0.2, -0.15) is 11.8 Å². The van der Waals surface area contributed by atoms with Gasteiger partial charge < -0.3 is 15.0 Å². The molecule has 1 atom stereocenters. The smallest absolute Gasteiger partial charge is 0.194 e. The zero-order valence-electron chi connectivity index (χ0n) is 16.5. The molecular weight excluding hydrogens is 356 g/mol. The van der Waals surface area contributed by atoms with Gasteiger partial charge in [-0.25, -0.2) is 0 Å². The van der Waals surface area contributed by atoms with Gasteiger partial charge >= 0.3 is 0 Å². The van der Waals surface area contributed by atoms with E-state index in [0.29, 0.717) is 0 Å². The van der Waals surface area contributed by atoms with Gasteiger partial charge in [0, 0.05) is 38.5 Å². The van der Waals surface area contributed by atoms with Crippen LogP contribution in [0.3, 0.4) is 0 Å². The van der Waals surface area contributed by atoms with Gasteiger partial charge in [-0.05, 0) is 36.6 Å². The molecule has 0 bridgehead atoms. The first-order valence-corrected chi connectivity index (χ1v) is 11.5. The molecule has 1 unspecified atom stereocenters. The molecule has 3 aliphatic rings. The van der Waals surface area contributed by atoms with E-state index in [1.807, 2.05) is 0 Å². The number of aliphatic imine (C=N–C) groups is 1. The summed E-state index contributed by atoms with van der Waals surface area (Å²) < 4.78 is 5.59. The monoisotopic (exact) mass is 388 g/mol. The van der Waals surface area contributed by atoms with Crippen LogP contribution in [0, 0.1) is 0 Å². The Balaban J connectivity index is 1.50. The van der Waals surface area contributed by atoms with E-state index in [9.17, 15) is 0 Å². The summed E-state index contributed by atoms with van der Waals surface area (Å²) in [6, 6.07) is 8.82. The van der Waals surface area contributed by atoms with Crippen molar-refractivity contribution in [2.75, 3.05) is 57.4 Å². The van der Waals surface area contributed by atoms with Crippen LogP contribution in [0.5, 0.6) is 0 Å². The van der Waals surface area contributed by atoms with E-state index in [1.54, 1.807) is 0 Å². The first-order chi connectivity index (χ1) is 13.3. The molecule has 0 saturated carbocycles. The third kappa shape index (κ3) is 4.28. The average Bonchev–Trinajstić information content (AvgIpc) is 3.22. The number of nitrogens with one attached hydrogen (secondary N) is 1. The van der Waals surface area contributed by atoms with Crippen molar-refractivity contribution >= 4 is 17.7 Å². The van der Waals surface area contributed by atoms with Crippen molar-refractivity contribution in [1.82, 2.24) is 15.1 Å². The van der Waals surface area contributed by atoms with Crippen LogP contribution in [-0.2, 0) is 17.7 Å². The topological polar surface area (TPSA) is 40.1 Å². The summed E-state index contributed by atoms with van der Waals surface area (Å²) >= 11 is 2.08. The van der Waals surface area contributed by atoms with Crippen molar-refractivity contribution in [3.8, 4) is 0 Å². The van der Waals surface area contributed by atoms with Crippen LogP contribution in [0.2, 0.25) is 0 Å². The Labute approximate surface area is 167 Å². The van der Waals surface area contributed by atoms with E-state index >= 15 is 0 Å². The Hall–Kier alpha value is -1.24. The van der Waals surface area contributed by atoms with Crippen LogP contribution in [0.15, 0.2) is 29.3 Å². The van der Waals surface area contributed by atoms with Gasteiger partial charge in [0.05, 0.1) is 25.3 Å². The highest BCUT2D eigenvalue weighted by Crippen LogP contribution is 2.34. The summed E-state index contributed by atoms with van der Waals surface area (Å²) in [7, 11) is 0. The summed E-state index contributed by atoms with van der Waals surface area (Å²) in [5, 5.41) is 3.55. The summed E-state index contributed by atoms with van der Waals surface area (Å²) in [6.45, 7) is 9.78. The van der Waals surface area contributed by atoms with Crippen LogP contribution in [0.25, 0.3) is 0 Å². The number of hydrogen-bond acceptors (Lipinski definition) is 4. The standard InChI is InChI=1S/C21H32N4OS/c1-2-22-20(24-9-7-18-5-3-4-6-19(18)15-24)23-16-21(8-14-27-17-21)25-10-12-26-13-11-25/h3-6H,2,7-17H2,1H3,(H,22,23). The van der Waals surface area contributed by atoms with Gasteiger partial charge in [0.25, 0.3) is 0 Å². The first-order valence-electron chi connectivity index (χ1n) is 10.3. The molecule has 6 heteroatoms. The van der Waals surface area contributed by atoms with Gasteiger partial charge in [-0.15, -0.1) is 0 Å². The minimum atomic E-state index is 0.211. The number of morpholine rings is 1. The normalized spacial score (nSPS) is 26.9. The predicted octanol–water partition coefficient (Wildman–Crippen LogP) is 2.22. The molecule has 27 heavy (non-hydrogen) atoms. The molecule has 4 rings (SSSR count). The van der Waals surface area contributed by atoms with Crippen LogP contribution in [0.4, 0.5) is 0 Å². The maximum atomic E-state index is 5.59. The fourth-order valence-electron chi connectivity index (χ4n) is 4.43. The van der Waals surface area contributed by atoms with Gasteiger partial charge in [-0.3, -0.25) is 9.89 Å². The second-order valence-corrected chi connectivity index (χ2v) is 8.84. The zero-order chi connectivity index (χ0) is 18.5. The minimum absolute atomic E-state index is 0.211. The maximum Gasteiger partial charge on any atom is 0.194 e. The summed E-state index contributed by atoms with van der Waals surface area (Å²) in [4.78, 5) is 10.3. The lowest BCUT2D eigenvalue weighted by atomic mass is 9.96. The molecule has 2 saturated heterocycles. The lowest BCUT2D eigenvalue weighted by Crippen LogP contribution is -2.56. The van der Waals surface area contributed by atoms with Crippen molar-refractivity contribution in [3.05, 3.63) is 35.4 Å². The third-order valence-electron chi connectivity index (χ3n) is 6.05. The average molecular weight is 389 g/mol. The van der Waals surface area contributed by atoms with Crippen molar-refractivity contribution in [2.45, 2.75) is 31.8 Å². The second kappa shape index (κ2) is 8.84. The molecule has 0 aromatic heterocycles. The molecule has 1 N–H and O–H groups in total. The van der Waals surface area contributed by atoms with Crippen LogP contribution >= 0.6 is 11.8 Å². The first kappa shape index (κ1) is 19.1. The van der Waals surface area contributed by atoms with E-state index in [1.165, 1.54) is 29.1 Å². The number of nitrogens with zero attached hydrogens (tertiary/aromatic N) is 3. The summed E-state index contributed by atoms with van der Waals surface area (Å²) in [6.07, 6.45) is 2.34. The van der Waals surface area contributed by atoms with Crippen molar-refractivity contribution < 1.29 is 4.74 Å². The molecule has 2 fully saturated rings. The van der Waals surface area contributed by atoms with Gasteiger partial charge in [0.1, 0.15) is 0 Å². The molecule has 1 aromatic rings. The quantitative estimate of drug-likeness (QED) is 0.633. The lowest BCUT2D eigenvalue weighted by Gasteiger charge is -2.42. The third-order valence-corrected chi connectivity index (χ3v) is 7.29. The summed E-state index contributed by atoms with van der Waals surface area (Å²) in [5.74, 6) is 3.52. The molecule has 0 amide bonds. The van der Waals surface area contributed by atoms with Gasteiger partial charge in [-0.1, -0.05) is 24.3 Å². The fraction of sp³-hybridized carbons (Fsp3) is 0.667. The zero-order valence-corrected chi connectivity index (χ0v) is 17.3. The van der Waals surface area contributed by atoms with E-state index in [2.05, 4.69) is 58.1 Å². The number of guanidine groups is 1. The number of benzene rings is 1. The number of rotatable bonds is 4. The minimum Gasteiger partial charge on any atom is -0.379 e. The highest BCUT2D eigenvalue weighted by molar-refractivity contribution is 7.99. The molecule has 0 radical (unpaired) electrons. The highest BCUT2D eigenvalue weighted by Gasteiger charge is 2.40. The number of fused-ring (bicyclic) bond motifs is 1. The van der Waals surface area contributed by atoms with Crippen LogP contribution in [-0.4, -0.2) is 78.7 Å². The van der Waals surface area contributed by atoms with Crippen molar-refractivity contribution in [3.63, 3.8) is 0 Å². The van der Waals surface area contributed by atoms with E-state index in [4.69, 9.17) is 9.73 Å². The SMILES string of the molecule is CCNC(=NCC1(N2CCOCC2)CCSC1)N1CCc2ccccc2C1. The summed E-state index contributed by atoms with van der Waals surface area (Å²) in [5.41, 5.74) is 3.14. The Bertz CT molecular complexity index is 653. The Morgan fingerprint density at radius 2 is 2.04 bits per heavy atom.